The number of halogens is 1. The molecule has 1 aliphatic heterocycles. The molecule has 6 heteroatoms. The molecule has 1 saturated heterocycles. The number of rotatable bonds is 6. The summed E-state index contributed by atoms with van der Waals surface area (Å²) in [5.41, 5.74) is 0.677. The minimum absolute atomic E-state index is 0.0000735. The van der Waals surface area contributed by atoms with Crippen LogP contribution < -0.4 is 0 Å². The number of hydrogen-bond donors (Lipinski definition) is 0. The van der Waals surface area contributed by atoms with Crippen molar-refractivity contribution in [3.05, 3.63) is 35.6 Å². The van der Waals surface area contributed by atoms with E-state index in [1.165, 1.54) is 25.0 Å². The number of nitrogens with zero attached hydrogens (tertiary/aromatic N) is 2. The van der Waals surface area contributed by atoms with E-state index < -0.39 is 0 Å². The van der Waals surface area contributed by atoms with Crippen LogP contribution in [-0.2, 0) is 20.7 Å². The highest BCUT2D eigenvalue weighted by Crippen LogP contribution is 2.28. The molecule has 2 fully saturated rings. The molecule has 2 aliphatic rings. The molecule has 2 amide bonds. The minimum Gasteiger partial charge on any atom is -0.371 e. The van der Waals surface area contributed by atoms with Gasteiger partial charge in [-0.3, -0.25) is 9.59 Å². The first-order valence-electron chi connectivity index (χ1n) is 8.99. The zero-order valence-corrected chi connectivity index (χ0v) is 14.5. The monoisotopic (exact) mass is 348 g/mol. The first kappa shape index (κ1) is 17.9. The molecule has 1 aromatic carbocycles. The number of amides is 2. The van der Waals surface area contributed by atoms with Gasteiger partial charge in [-0.2, -0.15) is 0 Å². The molecule has 25 heavy (non-hydrogen) atoms. The summed E-state index contributed by atoms with van der Waals surface area (Å²) in [7, 11) is 0. The molecule has 0 bridgehead atoms. The third-order valence-electron chi connectivity index (χ3n) is 4.72. The van der Waals surface area contributed by atoms with E-state index in [1.807, 2.05) is 0 Å². The van der Waals surface area contributed by atoms with Crippen molar-refractivity contribution in [3.8, 4) is 0 Å². The lowest BCUT2D eigenvalue weighted by molar-refractivity contribution is -0.137. The lowest BCUT2D eigenvalue weighted by Crippen LogP contribution is -2.39. The van der Waals surface area contributed by atoms with Gasteiger partial charge in [0.2, 0.25) is 11.8 Å². The predicted octanol–water partition coefficient (Wildman–Crippen LogP) is 1.86. The second kappa shape index (κ2) is 8.43. The molecule has 1 aliphatic carbocycles. The maximum absolute atomic E-state index is 13.2. The molecule has 0 N–H and O–H groups in total. The van der Waals surface area contributed by atoms with Gasteiger partial charge in [0.1, 0.15) is 12.4 Å². The molecule has 0 aromatic heterocycles. The van der Waals surface area contributed by atoms with Crippen LogP contribution in [0.4, 0.5) is 4.39 Å². The zero-order valence-electron chi connectivity index (χ0n) is 14.5. The molecule has 3 rings (SSSR count). The summed E-state index contributed by atoms with van der Waals surface area (Å²) in [6, 6.07) is 6.13. The van der Waals surface area contributed by atoms with Gasteiger partial charge in [0.15, 0.2) is 0 Å². The number of carbonyl (C=O) groups excluding carboxylic acids is 2. The fourth-order valence-electron chi connectivity index (χ4n) is 3.04. The van der Waals surface area contributed by atoms with Gasteiger partial charge in [0.25, 0.3) is 0 Å². The van der Waals surface area contributed by atoms with E-state index in [0.717, 1.165) is 6.42 Å². The topological polar surface area (TPSA) is 49.9 Å². The number of hydrogen-bond acceptors (Lipinski definition) is 3. The molecule has 0 unspecified atom stereocenters. The average Bonchev–Trinajstić information content (AvgIpc) is 3.41. The summed E-state index contributed by atoms with van der Waals surface area (Å²) in [6.45, 7) is 3.13. The van der Waals surface area contributed by atoms with Crippen LogP contribution in [0.15, 0.2) is 24.3 Å². The van der Waals surface area contributed by atoms with Crippen LogP contribution in [0.2, 0.25) is 0 Å². The van der Waals surface area contributed by atoms with E-state index in [9.17, 15) is 14.0 Å². The second-order valence-electron chi connectivity index (χ2n) is 6.88. The van der Waals surface area contributed by atoms with Crippen LogP contribution in [-0.4, -0.2) is 61.0 Å². The largest absolute Gasteiger partial charge is 0.371 e. The van der Waals surface area contributed by atoms with Crippen LogP contribution in [0.1, 0.15) is 24.8 Å². The van der Waals surface area contributed by atoms with Crippen LogP contribution >= 0.6 is 0 Å². The zero-order chi connectivity index (χ0) is 17.6. The SMILES string of the molecule is O=C(COCC1CC1)N1CCCN(C(=O)Cc2cccc(F)c2)CC1. The van der Waals surface area contributed by atoms with E-state index in [0.29, 0.717) is 44.3 Å². The Morgan fingerprint density at radius 3 is 2.48 bits per heavy atom. The van der Waals surface area contributed by atoms with Crippen LogP contribution in [0, 0.1) is 11.7 Å². The first-order valence-corrected chi connectivity index (χ1v) is 8.99. The molecule has 1 heterocycles. The van der Waals surface area contributed by atoms with E-state index in [4.69, 9.17) is 4.74 Å². The quantitative estimate of drug-likeness (QED) is 0.788. The van der Waals surface area contributed by atoms with E-state index >= 15 is 0 Å². The molecule has 136 valence electrons. The van der Waals surface area contributed by atoms with Gasteiger partial charge < -0.3 is 14.5 Å². The number of carbonyl (C=O) groups is 2. The molecule has 1 saturated carbocycles. The van der Waals surface area contributed by atoms with Crippen molar-refractivity contribution >= 4 is 11.8 Å². The maximum atomic E-state index is 13.2. The predicted molar refractivity (Wildman–Crippen MR) is 91.4 cm³/mol. The normalized spacial score (nSPS) is 18.1. The Hall–Kier alpha value is -1.95. The fraction of sp³-hybridized carbons (Fsp3) is 0.579. The Bertz CT molecular complexity index is 618. The van der Waals surface area contributed by atoms with Gasteiger partial charge in [0, 0.05) is 26.2 Å². The smallest absolute Gasteiger partial charge is 0.248 e. The van der Waals surface area contributed by atoms with Crippen molar-refractivity contribution in [2.75, 3.05) is 39.4 Å². The third-order valence-corrected chi connectivity index (χ3v) is 4.72. The third kappa shape index (κ3) is 5.53. The summed E-state index contributed by atoms with van der Waals surface area (Å²) < 4.78 is 18.7. The van der Waals surface area contributed by atoms with Gasteiger partial charge in [-0.25, -0.2) is 4.39 Å². The Kier molecular flexibility index (Phi) is 6.02. The summed E-state index contributed by atoms with van der Waals surface area (Å²) in [6.07, 6.45) is 3.36. The lowest BCUT2D eigenvalue weighted by Gasteiger charge is -2.22. The highest BCUT2D eigenvalue weighted by Gasteiger charge is 2.24. The number of benzene rings is 1. The molecular formula is C19H25FN2O3. The number of ether oxygens (including phenoxy) is 1. The van der Waals surface area contributed by atoms with Crippen LogP contribution in [0.3, 0.4) is 0 Å². The van der Waals surface area contributed by atoms with E-state index in [2.05, 4.69) is 0 Å². The van der Waals surface area contributed by atoms with Crippen LogP contribution in [0.5, 0.6) is 0 Å². The van der Waals surface area contributed by atoms with Crippen molar-refractivity contribution in [2.45, 2.75) is 25.7 Å². The van der Waals surface area contributed by atoms with Crippen molar-refractivity contribution in [2.24, 2.45) is 5.92 Å². The molecular weight excluding hydrogens is 323 g/mol. The molecule has 5 nitrogen and oxygen atoms in total. The Morgan fingerprint density at radius 1 is 1.08 bits per heavy atom. The van der Waals surface area contributed by atoms with Gasteiger partial charge in [0.05, 0.1) is 13.0 Å². The van der Waals surface area contributed by atoms with Crippen molar-refractivity contribution in [1.29, 1.82) is 0 Å². The summed E-state index contributed by atoms with van der Waals surface area (Å²) in [4.78, 5) is 28.2. The molecule has 0 atom stereocenters. The lowest BCUT2D eigenvalue weighted by atomic mass is 10.1. The summed E-state index contributed by atoms with van der Waals surface area (Å²) in [5.74, 6) is 0.293. The standard InChI is InChI=1S/C19H25FN2O3/c20-17-4-1-3-16(11-17)12-18(23)21-7-2-8-22(10-9-21)19(24)14-25-13-15-5-6-15/h1,3-4,11,15H,2,5-10,12-14H2. The summed E-state index contributed by atoms with van der Waals surface area (Å²) >= 11 is 0. The Morgan fingerprint density at radius 2 is 1.80 bits per heavy atom. The van der Waals surface area contributed by atoms with Crippen molar-refractivity contribution < 1.29 is 18.7 Å². The van der Waals surface area contributed by atoms with Gasteiger partial charge in [-0.1, -0.05) is 12.1 Å². The fourth-order valence-corrected chi connectivity index (χ4v) is 3.04. The molecule has 0 spiro atoms. The Balaban J connectivity index is 1.45. The average molecular weight is 348 g/mol. The first-order chi connectivity index (χ1) is 12.1. The van der Waals surface area contributed by atoms with E-state index in [-0.39, 0.29) is 30.7 Å². The van der Waals surface area contributed by atoms with Crippen molar-refractivity contribution in [3.63, 3.8) is 0 Å². The van der Waals surface area contributed by atoms with Gasteiger partial charge >= 0.3 is 0 Å². The van der Waals surface area contributed by atoms with Gasteiger partial charge in [-0.05, 0) is 42.9 Å². The van der Waals surface area contributed by atoms with E-state index in [1.54, 1.807) is 21.9 Å². The molecule has 0 radical (unpaired) electrons. The maximum Gasteiger partial charge on any atom is 0.248 e. The second-order valence-corrected chi connectivity index (χ2v) is 6.88. The van der Waals surface area contributed by atoms with Gasteiger partial charge in [-0.15, -0.1) is 0 Å². The molecule has 1 aromatic rings. The highest BCUT2D eigenvalue weighted by atomic mass is 19.1. The Labute approximate surface area is 147 Å². The highest BCUT2D eigenvalue weighted by molar-refractivity contribution is 5.79. The summed E-state index contributed by atoms with van der Waals surface area (Å²) in [5, 5.41) is 0. The van der Waals surface area contributed by atoms with Crippen LogP contribution in [0.25, 0.3) is 0 Å². The minimum atomic E-state index is -0.330. The van der Waals surface area contributed by atoms with Crippen molar-refractivity contribution in [1.82, 2.24) is 9.80 Å².